The molecule has 100 valence electrons. The predicted octanol–water partition coefficient (Wildman–Crippen LogP) is 0.328. The van der Waals surface area contributed by atoms with Crippen molar-refractivity contribution in [1.29, 1.82) is 0 Å². The summed E-state index contributed by atoms with van der Waals surface area (Å²) >= 11 is 0. The predicted molar refractivity (Wildman–Crippen MR) is 64.8 cm³/mol. The highest BCUT2D eigenvalue weighted by Crippen LogP contribution is 2.01. The molecule has 18 heavy (non-hydrogen) atoms. The first kappa shape index (κ1) is 14.0. The molecule has 0 saturated heterocycles. The highest BCUT2D eigenvalue weighted by molar-refractivity contribution is 5.82. The minimum atomic E-state index is -1.04. The maximum absolute atomic E-state index is 11.5. The molecule has 1 aromatic rings. The molecule has 1 aromatic heterocycles. The summed E-state index contributed by atoms with van der Waals surface area (Å²) < 4.78 is 1.63. The van der Waals surface area contributed by atoms with Crippen LogP contribution < -0.4 is 10.6 Å². The van der Waals surface area contributed by atoms with Gasteiger partial charge in [0.2, 0.25) is 0 Å². The van der Waals surface area contributed by atoms with Crippen molar-refractivity contribution in [2.45, 2.75) is 26.4 Å². The van der Waals surface area contributed by atoms with Crippen molar-refractivity contribution in [3.63, 3.8) is 0 Å². The van der Waals surface area contributed by atoms with Gasteiger partial charge in [0.05, 0.1) is 12.2 Å². The number of carbonyl (C=O) groups is 2. The third-order valence-electron chi connectivity index (χ3n) is 2.42. The lowest BCUT2D eigenvalue weighted by molar-refractivity contribution is -0.140. The third kappa shape index (κ3) is 4.08. The lowest BCUT2D eigenvalue weighted by Crippen LogP contribution is -2.48. The van der Waals surface area contributed by atoms with Crippen LogP contribution in [0.5, 0.6) is 0 Å². The Morgan fingerprint density at radius 1 is 1.50 bits per heavy atom. The SMILES string of the molecule is CC(C)[C@@H](NC(=O)NCc1ccn(C)n1)C(=O)O. The molecule has 1 atom stereocenters. The lowest BCUT2D eigenvalue weighted by atomic mass is 10.1. The number of urea groups is 1. The molecule has 0 fully saturated rings. The van der Waals surface area contributed by atoms with Gasteiger partial charge in [-0.25, -0.2) is 9.59 Å². The monoisotopic (exact) mass is 254 g/mol. The molecule has 0 radical (unpaired) electrons. The molecule has 0 saturated carbocycles. The van der Waals surface area contributed by atoms with Crippen LogP contribution in [0.3, 0.4) is 0 Å². The first-order valence-electron chi connectivity index (χ1n) is 5.66. The van der Waals surface area contributed by atoms with E-state index >= 15 is 0 Å². The molecule has 3 N–H and O–H groups in total. The zero-order chi connectivity index (χ0) is 13.7. The molecule has 7 nitrogen and oxygen atoms in total. The first-order chi connectivity index (χ1) is 8.40. The van der Waals surface area contributed by atoms with Crippen molar-refractivity contribution >= 4 is 12.0 Å². The number of rotatable bonds is 5. The Kier molecular flexibility index (Phi) is 4.70. The molecule has 7 heteroatoms. The second kappa shape index (κ2) is 6.04. The second-order valence-electron chi connectivity index (χ2n) is 4.37. The minimum absolute atomic E-state index is 0.178. The van der Waals surface area contributed by atoms with Gasteiger partial charge in [-0.2, -0.15) is 5.10 Å². The van der Waals surface area contributed by atoms with Crippen molar-refractivity contribution in [3.05, 3.63) is 18.0 Å². The van der Waals surface area contributed by atoms with Gasteiger partial charge < -0.3 is 15.7 Å². The molecule has 0 aromatic carbocycles. The number of carboxylic acids is 1. The zero-order valence-electron chi connectivity index (χ0n) is 10.7. The fourth-order valence-electron chi connectivity index (χ4n) is 1.43. The standard InChI is InChI=1S/C11H18N4O3/c1-7(2)9(10(16)17)13-11(18)12-6-8-4-5-15(3)14-8/h4-5,7,9H,6H2,1-3H3,(H,16,17)(H2,12,13,18)/t9-/m1/s1. The highest BCUT2D eigenvalue weighted by Gasteiger charge is 2.23. The minimum Gasteiger partial charge on any atom is -0.480 e. The van der Waals surface area contributed by atoms with E-state index in [-0.39, 0.29) is 12.5 Å². The summed E-state index contributed by atoms with van der Waals surface area (Å²) in [6.07, 6.45) is 1.77. The number of aromatic nitrogens is 2. The Balaban J connectivity index is 2.43. The Labute approximate surface area is 105 Å². The van der Waals surface area contributed by atoms with E-state index in [9.17, 15) is 9.59 Å². The molecule has 1 heterocycles. The lowest BCUT2D eigenvalue weighted by Gasteiger charge is -2.17. The summed E-state index contributed by atoms with van der Waals surface area (Å²) in [5.41, 5.74) is 0.712. The smallest absolute Gasteiger partial charge is 0.326 e. The molecule has 0 unspecified atom stereocenters. The molecular weight excluding hydrogens is 236 g/mol. The summed E-state index contributed by atoms with van der Waals surface area (Å²) in [6.45, 7) is 3.73. The number of aryl methyl sites for hydroxylation is 1. The van der Waals surface area contributed by atoms with E-state index in [0.29, 0.717) is 5.69 Å². The quantitative estimate of drug-likeness (QED) is 0.705. The Bertz CT molecular complexity index is 428. The summed E-state index contributed by atoms with van der Waals surface area (Å²) in [6, 6.07) is 0.368. The van der Waals surface area contributed by atoms with E-state index < -0.39 is 18.0 Å². The first-order valence-corrected chi connectivity index (χ1v) is 5.66. The fourth-order valence-corrected chi connectivity index (χ4v) is 1.43. The van der Waals surface area contributed by atoms with E-state index in [4.69, 9.17) is 5.11 Å². The topological polar surface area (TPSA) is 96.3 Å². The van der Waals surface area contributed by atoms with Gasteiger partial charge in [-0.1, -0.05) is 13.8 Å². The number of carbonyl (C=O) groups excluding carboxylic acids is 1. The van der Waals surface area contributed by atoms with Crippen LogP contribution >= 0.6 is 0 Å². The van der Waals surface area contributed by atoms with Gasteiger partial charge in [0.15, 0.2) is 0 Å². The van der Waals surface area contributed by atoms with E-state index in [2.05, 4.69) is 15.7 Å². The number of nitrogens with one attached hydrogen (secondary N) is 2. The second-order valence-corrected chi connectivity index (χ2v) is 4.37. The van der Waals surface area contributed by atoms with Crippen molar-refractivity contribution < 1.29 is 14.7 Å². The van der Waals surface area contributed by atoms with E-state index in [1.54, 1.807) is 37.8 Å². The Morgan fingerprint density at radius 3 is 2.61 bits per heavy atom. The number of hydrogen-bond donors (Lipinski definition) is 3. The molecule has 0 bridgehead atoms. The maximum atomic E-state index is 11.5. The van der Waals surface area contributed by atoms with Crippen LogP contribution in [0, 0.1) is 5.92 Å². The van der Waals surface area contributed by atoms with Crippen LogP contribution in [0.15, 0.2) is 12.3 Å². The molecule has 2 amide bonds. The van der Waals surface area contributed by atoms with Crippen LogP contribution in [-0.2, 0) is 18.4 Å². The molecule has 0 aliphatic carbocycles. The van der Waals surface area contributed by atoms with Crippen molar-refractivity contribution in [2.24, 2.45) is 13.0 Å². The van der Waals surface area contributed by atoms with Gasteiger partial charge in [0.25, 0.3) is 0 Å². The van der Waals surface area contributed by atoms with E-state index in [0.717, 1.165) is 0 Å². The maximum Gasteiger partial charge on any atom is 0.326 e. The van der Waals surface area contributed by atoms with Crippen LogP contribution in [-0.4, -0.2) is 32.9 Å². The van der Waals surface area contributed by atoms with E-state index in [1.807, 2.05) is 0 Å². The Hall–Kier alpha value is -2.05. The van der Waals surface area contributed by atoms with Crippen LogP contribution in [0.2, 0.25) is 0 Å². The number of aliphatic carboxylic acids is 1. The van der Waals surface area contributed by atoms with Crippen LogP contribution in [0.4, 0.5) is 4.79 Å². The number of carboxylic acid groups (broad SMARTS) is 1. The average molecular weight is 254 g/mol. The molecule has 0 aliphatic heterocycles. The highest BCUT2D eigenvalue weighted by atomic mass is 16.4. The van der Waals surface area contributed by atoms with Crippen molar-refractivity contribution in [1.82, 2.24) is 20.4 Å². The zero-order valence-corrected chi connectivity index (χ0v) is 10.7. The van der Waals surface area contributed by atoms with Crippen LogP contribution in [0.25, 0.3) is 0 Å². The number of hydrogen-bond acceptors (Lipinski definition) is 3. The average Bonchev–Trinajstić information content (AvgIpc) is 2.68. The van der Waals surface area contributed by atoms with Gasteiger partial charge in [-0.15, -0.1) is 0 Å². The molecule has 0 spiro atoms. The van der Waals surface area contributed by atoms with Crippen LogP contribution in [0.1, 0.15) is 19.5 Å². The van der Waals surface area contributed by atoms with Crippen molar-refractivity contribution in [3.8, 4) is 0 Å². The van der Waals surface area contributed by atoms with E-state index in [1.165, 1.54) is 0 Å². The van der Waals surface area contributed by atoms with Gasteiger partial charge in [0.1, 0.15) is 6.04 Å². The van der Waals surface area contributed by atoms with Gasteiger partial charge in [-0.05, 0) is 12.0 Å². The largest absolute Gasteiger partial charge is 0.480 e. The van der Waals surface area contributed by atoms with Gasteiger partial charge in [0, 0.05) is 13.2 Å². The summed E-state index contributed by atoms with van der Waals surface area (Å²) in [4.78, 5) is 22.4. The van der Waals surface area contributed by atoms with Gasteiger partial charge >= 0.3 is 12.0 Å². The summed E-state index contributed by atoms with van der Waals surface area (Å²) in [5.74, 6) is -1.22. The normalized spacial score (nSPS) is 12.2. The van der Waals surface area contributed by atoms with Crippen molar-refractivity contribution in [2.75, 3.05) is 0 Å². The number of amides is 2. The Morgan fingerprint density at radius 2 is 2.17 bits per heavy atom. The summed E-state index contributed by atoms with van der Waals surface area (Å²) in [7, 11) is 1.78. The summed E-state index contributed by atoms with van der Waals surface area (Å²) in [5, 5.41) is 18.0. The molecule has 0 aliphatic rings. The third-order valence-corrected chi connectivity index (χ3v) is 2.42. The molecule has 1 rings (SSSR count). The van der Waals surface area contributed by atoms with Gasteiger partial charge in [-0.3, -0.25) is 4.68 Å². The fraction of sp³-hybridized carbons (Fsp3) is 0.545. The number of nitrogens with zero attached hydrogens (tertiary/aromatic N) is 2. The molecular formula is C11H18N4O3.